The first-order valence-electron chi connectivity index (χ1n) is 7.23. The van der Waals surface area contributed by atoms with Crippen LogP contribution in [-0.2, 0) is 11.3 Å². The lowest BCUT2D eigenvalue weighted by molar-refractivity contribution is 0.0639. The SMILES string of the molecule is CCO[C@H](C)c1nc(CN2C(=O)c3ccc(F)cc3C2=O)cs1. The monoisotopic (exact) mass is 334 g/mol. The molecule has 5 nitrogen and oxygen atoms in total. The molecular weight excluding hydrogens is 319 g/mol. The van der Waals surface area contributed by atoms with Gasteiger partial charge >= 0.3 is 0 Å². The van der Waals surface area contributed by atoms with Crippen LogP contribution in [0.25, 0.3) is 0 Å². The Morgan fingerprint density at radius 1 is 1.30 bits per heavy atom. The predicted octanol–water partition coefficient (Wildman–Crippen LogP) is 3.18. The van der Waals surface area contributed by atoms with Crippen molar-refractivity contribution in [3.63, 3.8) is 0 Å². The van der Waals surface area contributed by atoms with E-state index in [2.05, 4.69) is 4.98 Å². The summed E-state index contributed by atoms with van der Waals surface area (Å²) in [4.78, 5) is 30.1. The first-order chi connectivity index (χ1) is 11.0. The summed E-state index contributed by atoms with van der Waals surface area (Å²) in [5, 5.41) is 2.60. The second kappa shape index (κ2) is 6.17. The first-order valence-corrected chi connectivity index (χ1v) is 8.11. The molecule has 2 heterocycles. The minimum atomic E-state index is -0.534. The van der Waals surface area contributed by atoms with E-state index in [1.807, 2.05) is 13.8 Å². The van der Waals surface area contributed by atoms with Crippen molar-refractivity contribution in [2.24, 2.45) is 0 Å². The molecule has 0 fully saturated rings. The van der Waals surface area contributed by atoms with Crippen LogP contribution in [0.2, 0.25) is 0 Å². The number of carbonyl (C=O) groups excluding carboxylic acids is 2. The van der Waals surface area contributed by atoms with E-state index < -0.39 is 17.6 Å². The molecule has 0 unspecified atom stereocenters. The Hall–Kier alpha value is -2.12. The molecule has 0 bridgehead atoms. The summed E-state index contributed by atoms with van der Waals surface area (Å²) in [6.07, 6.45) is -0.130. The second-order valence-electron chi connectivity index (χ2n) is 5.16. The quantitative estimate of drug-likeness (QED) is 0.788. The molecule has 0 aliphatic carbocycles. The third-order valence-electron chi connectivity index (χ3n) is 3.59. The van der Waals surface area contributed by atoms with E-state index in [1.54, 1.807) is 5.38 Å². The second-order valence-corrected chi connectivity index (χ2v) is 6.05. The van der Waals surface area contributed by atoms with Crippen LogP contribution in [0.15, 0.2) is 23.6 Å². The van der Waals surface area contributed by atoms with Crippen molar-refractivity contribution < 1.29 is 18.7 Å². The van der Waals surface area contributed by atoms with E-state index in [4.69, 9.17) is 4.74 Å². The van der Waals surface area contributed by atoms with Crippen LogP contribution in [0.1, 0.15) is 51.4 Å². The molecule has 0 N–H and O–H groups in total. The number of carbonyl (C=O) groups is 2. The minimum absolute atomic E-state index is 0.0727. The lowest BCUT2D eigenvalue weighted by atomic mass is 10.1. The Labute approximate surface area is 136 Å². The van der Waals surface area contributed by atoms with Gasteiger partial charge in [-0.05, 0) is 32.0 Å². The van der Waals surface area contributed by atoms with Crippen molar-refractivity contribution in [2.45, 2.75) is 26.5 Å². The van der Waals surface area contributed by atoms with Crippen LogP contribution in [0.3, 0.4) is 0 Å². The largest absolute Gasteiger partial charge is 0.372 e. The number of hydrogen-bond donors (Lipinski definition) is 0. The molecule has 2 aromatic rings. The fraction of sp³-hybridized carbons (Fsp3) is 0.312. The van der Waals surface area contributed by atoms with Crippen LogP contribution in [-0.4, -0.2) is 28.3 Å². The maximum Gasteiger partial charge on any atom is 0.262 e. The molecule has 1 aliphatic heterocycles. The van der Waals surface area contributed by atoms with Gasteiger partial charge in [0.1, 0.15) is 16.9 Å². The van der Waals surface area contributed by atoms with Gasteiger partial charge in [-0.25, -0.2) is 9.37 Å². The van der Waals surface area contributed by atoms with Gasteiger partial charge in [-0.3, -0.25) is 14.5 Å². The Bertz CT molecular complexity index is 774. The van der Waals surface area contributed by atoms with Gasteiger partial charge in [-0.2, -0.15) is 0 Å². The molecule has 0 radical (unpaired) electrons. The van der Waals surface area contributed by atoms with Crippen LogP contribution in [0.4, 0.5) is 4.39 Å². The number of aromatic nitrogens is 1. The minimum Gasteiger partial charge on any atom is -0.372 e. The highest BCUT2D eigenvalue weighted by Gasteiger charge is 2.36. The molecule has 1 aromatic carbocycles. The van der Waals surface area contributed by atoms with Crippen LogP contribution in [0.5, 0.6) is 0 Å². The summed E-state index contributed by atoms with van der Waals surface area (Å²) in [6, 6.07) is 3.62. The number of halogens is 1. The van der Waals surface area contributed by atoms with E-state index in [9.17, 15) is 14.0 Å². The van der Waals surface area contributed by atoms with E-state index in [1.165, 1.54) is 23.5 Å². The van der Waals surface area contributed by atoms with Gasteiger partial charge < -0.3 is 4.74 Å². The summed E-state index contributed by atoms with van der Waals surface area (Å²) in [6.45, 7) is 4.46. The average molecular weight is 334 g/mol. The van der Waals surface area contributed by atoms with Gasteiger partial charge in [-0.15, -0.1) is 11.3 Å². The third-order valence-corrected chi connectivity index (χ3v) is 4.64. The predicted molar refractivity (Wildman–Crippen MR) is 82.8 cm³/mol. The smallest absolute Gasteiger partial charge is 0.262 e. The standard InChI is InChI=1S/C16H15FN2O3S/c1-3-22-9(2)14-18-11(8-23-14)7-19-15(20)12-5-4-10(17)6-13(12)16(19)21/h4-6,8-9H,3,7H2,1-2H3/t9-/m1/s1. The lowest BCUT2D eigenvalue weighted by Crippen LogP contribution is -2.29. The zero-order valence-electron chi connectivity index (χ0n) is 12.7. The van der Waals surface area contributed by atoms with Crippen LogP contribution >= 0.6 is 11.3 Å². The zero-order chi connectivity index (χ0) is 16.6. The van der Waals surface area contributed by atoms with E-state index in [0.29, 0.717) is 12.3 Å². The molecule has 120 valence electrons. The molecular formula is C16H15FN2O3S. The van der Waals surface area contributed by atoms with Crippen molar-refractivity contribution in [1.29, 1.82) is 0 Å². The Morgan fingerprint density at radius 2 is 2.04 bits per heavy atom. The summed E-state index contributed by atoms with van der Waals surface area (Å²) in [5.74, 6) is -1.44. The molecule has 7 heteroatoms. The average Bonchev–Trinajstić information content (AvgIpc) is 3.08. The van der Waals surface area contributed by atoms with Gasteiger partial charge in [-0.1, -0.05) is 0 Å². The number of imide groups is 1. The summed E-state index contributed by atoms with van der Waals surface area (Å²) in [7, 11) is 0. The summed E-state index contributed by atoms with van der Waals surface area (Å²) in [5.41, 5.74) is 0.953. The van der Waals surface area contributed by atoms with Gasteiger partial charge in [0, 0.05) is 12.0 Å². The molecule has 0 spiro atoms. The summed E-state index contributed by atoms with van der Waals surface area (Å²) < 4.78 is 18.8. The van der Waals surface area contributed by atoms with Crippen LogP contribution < -0.4 is 0 Å². The van der Waals surface area contributed by atoms with Gasteiger partial charge in [0.25, 0.3) is 11.8 Å². The maximum absolute atomic E-state index is 13.3. The highest BCUT2D eigenvalue weighted by Crippen LogP contribution is 2.27. The normalized spacial score (nSPS) is 15.2. The molecule has 1 aromatic heterocycles. The fourth-order valence-corrected chi connectivity index (χ4v) is 3.29. The topological polar surface area (TPSA) is 59.5 Å². The number of thiazole rings is 1. The first kappa shape index (κ1) is 15.8. The van der Waals surface area contributed by atoms with Crippen molar-refractivity contribution in [3.05, 3.63) is 51.2 Å². The van der Waals surface area contributed by atoms with Crippen LogP contribution in [0, 0.1) is 5.82 Å². The number of ether oxygens (including phenoxy) is 1. The van der Waals surface area contributed by atoms with Gasteiger partial charge in [0.15, 0.2) is 0 Å². The highest BCUT2D eigenvalue weighted by molar-refractivity contribution is 7.09. The Balaban J connectivity index is 1.79. The molecule has 3 rings (SSSR count). The zero-order valence-corrected chi connectivity index (χ0v) is 13.5. The molecule has 0 saturated carbocycles. The molecule has 0 saturated heterocycles. The van der Waals surface area contributed by atoms with E-state index in [-0.39, 0.29) is 23.8 Å². The maximum atomic E-state index is 13.3. The lowest BCUT2D eigenvalue weighted by Gasteiger charge is -2.12. The summed E-state index contributed by atoms with van der Waals surface area (Å²) >= 11 is 1.42. The number of amides is 2. The van der Waals surface area contributed by atoms with Crippen molar-refractivity contribution in [3.8, 4) is 0 Å². The Kier molecular flexibility index (Phi) is 4.23. The Morgan fingerprint density at radius 3 is 2.78 bits per heavy atom. The van der Waals surface area contributed by atoms with E-state index in [0.717, 1.165) is 16.0 Å². The number of hydrogen-bond acceptors (Lipinski definition) is 5. The number of nitrogens with zero attached hydrogens (tertiary/aromatic N) is 2. The molecule has 23 heavy (non-hydrogen) atoms. The van der Waals surface area contributed by atoms with Crippen molar-refractivity contribution in [2.75, 3.05) is 6.61 Å². The number of rotatable bonds is 5. The molecule has 1 atom stereocenters. The van der Waals surface area contributed by atoms with E-state index >= 15 is 0 Å². The number of benzene rings is 1. The van der Waals surface area contributed by atoms with Gasteiger partial charge in [0.2, 0.25) is 0 Å². The number of fused-ring (bicyclic) bond motifs is 1. The molecule has 1 aliphatic rings. The van der Waals surface area contributed by atoms with Crippen molar-refractivity contribution >= 4 is 23.2 Å². The molecule has 2 amide bonds. The third kappa shape index (κ3) is 2.89. The van der Waals surface area contributed by atoms with Crippen molar-refractivity contribution in [1.82, 2.24) is 9.88 Å². The van der Waals surface area contributed by atoms with Gasteiger partial charge in [0.05, 0.1) is 23.4 Å². The highest BCUT2D eigenvalue weighted by atomic mass is 32.1. The fourth-order valence-electron chi connectivity index (χ4n) is 2.47.